The van der Waals surface area contributed by atoms with Crippen LogP contribution in [0.3, 0.4) is 0 Å². The first-order valence-electron chi connectivity index (χ1n) is 7.27. The molecule has 0 saturated heterocycles. The molecule has 0 heterocycles. The van der Waals surface area contributed by atoms with Gasteiger partial charge in [0.25, 0.3) is 0 Å². The maximum Gasteiger partial charge on any atom is 0.323 e. The highest BCUT2D eigenvalue weighted by molar-refractivity contribution is 5.77. The van der Waals surface area contributed by atoms with E-state index in [1.807, 2.05) is 0 Å². The highest BCUT2D eigenvalue weighted by Crippen LogP contribution is 2.25. The maximum atomic E-state index is 11.2. The van der Waals surface area contributed by atoms with E-state index < -0.39 is 11.5 Å². The standard InChI is InChI=1S/C17H27NO2/c1-6-14(10-17(5,18)16(19)20)9-15-8-7-11(2)12(3)13(15)4/h7-8,14H,6,9-10,18H2,1-5H3,(H,19,20). The van der Waals surface area contributed by atoms with Crippen molar-refractivity contribution in [2.75, 3.05) is 0 Å². The zero-order valence-corrected chi connectivity index (χ0v) is 13.3. The highest BCUT2D eigenvalue weighted by Gasteiger charge is 2.30. The maximum absolute atomic E-state index is 11.2. The van der Waals surface area contributed by atoms with Crippen molar-refractivity contribution in [2.45, 2.75) is 59.4 Å². The molecule has 0 spiro atoms. The number of carbonyl (C=O) groups is 1. The molecule has 0 amide bonds. The Hall–Kier alpha value is -1.35. The van der Waals surface area contributed by atoms with Crippen molar-refractivity contribution < 1.29 is 9.90 Å². The van der Waals surface area contributed by atoms with Gasteiger partial charge < -0.3 is 10.8 Å². The SMILES string of the molecule is CCC(Cc1ccc(C)c(C)c1C)CC(C)(N)C(=O)O. The minimum absolute atomic E-state index is 0.293. The molecule has 0 aliphatic heterocycles. The van der Waals surface area contributed by atoms with Gasteiger partial charge in [0.15, 0.2) is 0 Å². The predicted molar refractivity (Wildman–Crippen MR) is 83.0 cm³/mol. The van der Waals surface area contributed by atoms with Crippen LogP contribution in [0.4, 0.5) is 0 Å². The molecule has 0 bridgehead atoms. The van der Waals surface area contributed by atoms with Crippen LogP contribution < -0.4 is 5.73 Å². The van der Waals surface area contributed by atoms with Crippen molar-refractivity contribution in [3.63, 3.8) is 0 Å². The third-order valence-corrected chi connectivity index (χ3v) is 4.46. The highest BCUT2D eigenvalue weighted by atomic mass is 16.4. The number of rotatable bonds is 6. The Bertz CT molecular complexity index is 492. The minimum Gasteiger partial charge on any atom is -0.480 e. The van der Waals surface area contributed by atoms with Gasteiger partial charge in [-0.3, -0.25) is 4.79 Å². The van der Waals surface area contributed by atoms with Gasteiger partial charge in [-0.25, -0.2) is 0 Å². The van der Waals surface area contributed by atoms with Crippen LogP contribution in [-0.2, 0) is 11.2 Å². The molecule has 1 aromatic carbocycles. The predicted octanol–water partition coefficient (Wildman–Crippen LogP) is 3.37. The number of benzene rings is 1. The quantitative estimate of drug-likeness (QED) is 0.838. The zero-order chi connectivity index (χ0) is 15.5. The number of hydrogen-bond donors (Lipinski definition) is 2. The first-order valence-corrected chi connectivity index (χ1v) is 7.27. The fourth-order valence-corrected chi connectivity index (χ4v) is 2.59. The Balaban J connectivity index is 2.90. The first-order chi connectivity index (χ1) is 9.19. The number of hydrogen-bond acceptors (Lipinski definition) is 2. The van der Waals surface area contributed by atoms with Crippen molar-refractivity contribution in [1.82, 2.24) is 0 Å². The number of nitrogens with two attached hydrogens (primary N) is 1. The molecule has 0 saturated carbocycles. The first kappa shape index (κ1) is 16.7. The van der Waals surface area contributed by atoms with Crippen molar-refractivity contribution in [3.05, 3.63) is 34.4 Å². The van der Waals surface area contributed by atoms with E-state index >= 15 is 0 Å². The van der Waals surface area contributed by atoms with E-state index in [0.717, 1.165) is 12.8 Å². The van der Waals surface area contributed by atoms with E-state index in [0.29, 0.717) is 12.3 Å². The van der Waals surface area contributed by atoms with Crippen LogP contribution in [-0.4, -0.2) is 16.6 Å². The summed E-state index contributed by atoms with van der Waals surface area (Å²) < 4.78 is 0. The van der Waals surface area contributed by atoms with Crippen LogP contribution in [0.2, 0.25) is 0 Å². The lowest BCUT2D eigenvalue weighted by atomic mass is 9.83. The molecule has 112 valence electrons. The van der Waals surface area contributed by atoms with Crippen molar-refractivity contribution in [3.8, 4) is 0 Å². The second-order valence-corrected chi connectivity index (χ2v) is 6.20. The Morgan fingerprint density at radius 3 is 2.40 bits per heavy atom. The molecule has 1 rings (SSSR count). The van der Waals surface area contributed by atoms with Gasteiger partial charge in [-0.05, 0) is 68.7 Å². The second-order valence-electron chi connectivity index (χ2n) is 6.20. The van der Waals surface area contributed by atoms with E-state index in [9.17, 15) is 4.79 Å². The van der Waals surface area contributed by atoms with Crippen molar-refractivity contribution >= 4 is 5.97 Å². The van der Waals surface area contributed by atoms with Gasteiger partial charge >= 0.3 is 5.97 Å². The lowest BCUT2D eigenvalue weighted by Gasteiger charge is -2.26. The molecule has 0 aliphatic rings. The third-order valence-electron chi connectivity index (χ3n) is 4.46. The summed E-state index contributed by atoms with van der Waals surface area (Å²) in [5.41, 5.74) is 9.99. The summed E-state index contributed by atoms with van der Waals surface area (Å²) in [5, 5.41) is 9.16. The minimum atomic E-state index is -1.14. The van der Waals surface area contributed by atoms with Gasteiger partial charge in [0.1, 0.15) is 5.54 Å². The summed E-state index contributed by atoms with van der Waals surface area (Å²) in [7, 11) is 0. The molecule has 2 unspecified atom stereocenters. The average molecular weight is 277 g/mol. The molecule has 0 radical (unpaired) electrons. The normalized spacial score (nSPS) is 15.7. The van der Waals surface area contributed by atoms with E-state index in [1.165, 1.54) is 22.3 Å². The monoisotopic (exact) mass is 277 g/mol. The van der Waals surface area contributed by atoms with Gasteiger partial charge in [0.05, 0.1) is 0 Å². The third kappa shape index (κ3) is 3.83. The lowest BCUT2D eigenvalue weighted by Crippen LogP contribution is -2.46. The number of carboxylic acid groups (broad SMARTS) is 1. The zero-order valence-electron chi connectivity index (χ0n) is 13.3. The van der Waals surface area contributed by atoms with Gasteiger partial charge in [-0.15, -0.1) is 0 Å². The Morgan fingerprint density at radius 1 is 1.30 bits per heavy atom. The van der Waals surface area contributed by atoms with Crippen molar-refractivity contribution in [2.24, 2.45) is 11.7 Å². The van der Waals surface area contributed by atoms with Crippen LogP contribution in [0.5, 0.6) is 0 Å². The smallest absolute Gasteiger partial charge is 0.323 e. The Labute approximate surface area is 122 Å². The largest absolute Gasteiger partial charge is 0.480 e. The van der Waals surface area contributed by atoms with Gasteiger partial charge in [0.2, 0.25) is 0 Å². The molecule has 2 atom stereocenters. The van der Waals surface area contributed by atoms with E-state index in [-0.39, 0.29) is 0 Å². The van der Waals surface area contributed by atoms with Gasteiger partial charge in [-0.1, -0.05) is 25.5 Å². The Kier molecular flexibility index (Phi) is 5.35. The summed E-state index contributed by atoms with van der Waals surface area (Å²) in [6.45, 7) is 10.1. The molecule has 20 heavy (non-hydrogen) atoms. The van der Waals surface area contributed by atoms with Crippen LogP contribution in [0.1, 0.15) is 48.9 Å². The summed E-state index contributed by atoms with van der Waals surface area (Å²) in [6, 6.07) is 4.30. The lowest BCUT2D eigenvalue weighted by molar-refractivity contribution is -0.143. The fraction of sp³-hybridized carbons (Fsp3) is 0.588. The summed E-state index contributed by atoms with van der Waals surface area (Å²) in [4.78, 5) is 11.2. The molecule has 3 nitrogen and oxygen atoms in total. The number of aliphatic carboxylic acids is 1. The number of carboxylic acids is 1. The summed E-state index contributed by atoms with van der Waals surface area (Å²) in [5.74, 6) is -0.630. The van der Waals surface area contributed by atoms with E-state index in [2.05, 4.69) is 39.8 Å². The molecular formula is C17H27NO2. The van der Waals surface area contributed by atoms with Crippen molar-refractivity contribution in [1.29, 1.82) is 0 Å². The Morgan fingerprint density at radius 2 is 1.90 bits per heavy atom. The van der Waals surface area contributed by atoms with E-state index in [1.54, 1.807) is 6.92 Å². The summed E-state index contributed by atoms with van der Waals surface area (Å²) >= 11 is 0. The van der Waals surface area contributed by atoms with Crippen LogP contribution in [0.25, 0.3) is 0 Å². The molecule has 0 fully saturated rings. The number of aryl methyl sites for hydroxylation is 1. The molecule has 0 aliphatic carbocycles. The molecular weight excluding hydrogens is 250 g/mol. The van der Waals surface area contributed by atoms with Gasteiger partial charge in [-0.2, -0.15) is 0 Å². The molecule has 3 N–H and O–H groups in total. The fourth-order valence-electron chi connectivity index (χ4n) is 2.59. The van der Waals surface area contributed by atoms with E-state index in [4.69, 9.17) is 10.8 Å². The topological polar surface area (TPSA) is 63.3 Å². The molecule has 1 aromatic rings. The van der Waals surface area contributed by atoms with Crippen LogP contribution >= 0.6 is 0 Å². The second kappa shape index (κ2) is 6.40. The van der Waals surface area contributed by atoms with Crippen LogP contribution in [0, 0.1) is 26.7 Å². The molecule has 0 aromatic heterocycles. The van der Waals surface area contributed by atoms with Gasteiger partial charge in [0, 0.05) is 0 Å². The summed E-state index contributed by atoms with van der Waals surface area (Å²) in [6.07, 6.45) is 2.33. The molecule has 3 heteroatoms. The average Bonchev–Trinajstić information content (AvgIpc) is 2.38. The van der Waals surface area contributed by atoms with Crippen LogP contribution in [0.15, 0.2) is 12.1 Å².